The molecule has 1 atom stereocenters. The van der Waals surface area contributed by atoms with Gasteiger partial charge in [0.2, 0.25) is 0 Å². The van der Waals surface area contributed by atoms with E-state index in [4.69, 9.17) is 9.47 Å². The van der Waals surface area contributed by atoms with Crippen molar-refractivity contribution in [1.82, 2.24) is 19.9 Å². The highest BCUT2D eigenvalue weighted by atomic mass is 16.5. The molecule has 0 saturated carbocycles. The maximum absolute atomic E-state index is 13.4. The molecule has 7 heteroatoms. The van der Waals surface area contributed by atoms with Gasteiger partial charge in [0.25, 0.3) is 5.91 Å². The van der Waals surface area contributed by atoms with Crippen LogP contribution in [-0.2, 0) is 6.54 Å². The minimum Gasteiger partial charge on any atom is -0.497 e. The first-order valence-corrected chi connectivity index (χ1v) is 11.1. The van der Waals surface area contributed by atoms with E-state index in [-0.39, 0.29) is 11.9 Å². The van der Waals surface area contributed by atoms with Gasteiger partial charge in [-0.05, 0) is 54.8 Å². The molecule has 0 N–H and O–H groups in total. The minimum absolute atomic E-state index is 0.0143. The van der Waals surface area contributed by atoms with Gasteiger partial charge in [-0.2, -0.15) is 0 Å². The molecule has 4 aromatic rings. The van der Waals surface area contributed by atoms with Crippen molar-refractivity contribution in [1.29, 1.82) is 0 Å². The summed E-state index contributed by atoms with van der Waals surface area (Å²) in [6.07, 6.45) is 1.87. The molecule has 0 radical (unpaired) electrons. The van der Waals surface area contributed by atoms with Crippen LogP contribution in [0.4, 0.5) is 0 Å². The molecule has 1 aliphatic heterocycles. The van der Waals surface area contributed by atoms with Crippen LogP contribution in [0, 0.1) is 0 Å². The Balaban J connectivity index is 1.35. The van der Waals surface area contributed by atoms with Gasteiger partial charge in [-0.25, -0.2) is 4.68 Å². The lowest BCUT2D eigenvalue weighted by Crippen LogP contribution is -2.30. The number of aromatic nitrogens is 3. The lowest BCUT2D eigenvalue weighted by Gasteiger charge is -2.26. The Kier molecular flexibility index (Phi) is 5.69. The first-order chi connectivity index (χ1) is 16.2. The molecule has 1 saturated heterocycles. The zero-order valence-electron chi connectivity index (χ0n) is 18.8. The second-order valence-corrected chi connectivity index (χ2v) is 8.20. The average Bonchev–Trinajstić information content (AvgIpc) is 3.51. The summed E-state index contributed by atoms with van der Waals surface area (Å²) in [7, 11) is 3.28. The van der Waals surface area contributed by atoms with E-state index in [1.54, 1.807) is 14.2 Å². The van der Waals surface area contributed by atoms with E-state index in [1.807, 2.05) is 76.3 Å². The van der Waals surface area contributed by atoms with Gasteiger partial charge >= 0.3 is 0 Å². The van der Waals surface area contributed by atoms with Crippen LogP contribution in [0.5, 0.6) is 11.5 Å². The van der Waals surface area contributed by atoms with Crippen molar-refractivity contribution in [3.05, 3.63) is 83.4 Å². The molecule has 7 nitrogen and oxygen atoms in total. The highest BCUT2D eigenvalue weighted by Crippen LogP contribution is 2.39. The number of likely N-dealkylation sites (tertiary alicyclic amines) is 1. The SMILES string of the molecule is COc1ccc(C2CCCN2C(=O)c2ccc(Cn3nnc4ccccc43)cc2)c(OC)c1. The number of carbonyl (C=O) groups is 1. The van der Waals surface area contributed by atoms with Crippen molar-refractivity contribution >= 4 is 16.9 Å². The molecular weight excluding hydrogens is 416 g/mol. The third kappa shape index (κ3) is 4.02. The summed E-state index contributed by atoms with van der Waals surface area (Å²) < 4.78 is 12.8. The molecule has 1 unspecified atom stereocenters. The molecule has 0 spiro atoms. The highest BCUT2D eigenvalue weighted by molar-refractivity contribution is 5.94. The molecule has 1 amide bonds. The molecule has 0 bridgehead atoms. The minimum atomic E-state index is -0.0143. The van der Waals surface area contributed by atoms with Crippen LogP contribution >= 0.6 is 0 Å². The van der Waals surface area contributed by atoms with Crippen molar-refractivity contribution < 1.29 is 14.3 Å². The number of hydrogen-bond acceptors (Lipinski definition) is 5. The van der Waals surface area contributed by atoms with Crippen LogP contribution in [0.1, 0.15) is 40.4 Å². The van der Waals surface area contributed by atoms with Gasteiger partial charge in [0, 0.05) is 23.7 Å². The predicted molar refractivity (Wildman–Crippen MR) is 126 cm³/mol. The van der Waals surface area contributed by atoms with Gasteiger partial charge in [0.05, 0.1) is 32.3 Å². The molecule has 0 aliphatic carbocycles. The number of amides is 1. The van der Waals surface area contributed by atoms with Crippen molar-refractivity contribution in [3.8, 4) is 11.5 Å². The first kappa shape index (κ1) is 21.0. The van der Waals surface area contributed by atoms with E-state index in [1.165, 1.54) is 0 Å². The Morgan fingerprint density at radius 2 is 1.85 bits per heavy atom. The second-order valence-electron chi connectivity index (χ2n) is 8.20. The van der Waals surface area contributed by atoms with E-state index in [9.17, 15) is 4.79 Å². The second kappa shape index (κ2) is 8.94. The summed E-state index contributed by atoms with van der Waals surface area (Å²) in [4.78, 5) is 15.3. The molecule has 1 fully saturated rings. The van der Waals surface area contributed by atoms with Crippen molar-refractivity contribution in [2.75, 3.05) is 20.8 Å². The molecule has 5 rings (SSSR count). The molecule has 2 heterocycles. The quantitative estimate of drug-likeness (QED) is 0.441. The molecule has 33 heavy (non-hydrogen) atoms. The van der Waals surface area contributed by atoms with E-state index in [2.05, 4.69) is 10.3 Å². The Morgan fingerprint density at radius 1 is 1.03 bits per heavy atom. The van der Waals surface area contributed by atoms with Crippen molar-refractivity contribution in [3.63, 3.8) is 0 Å². The standard InChI is InChI=1S/C26H26N4O3/c1-32-20-13-14-21(25(16-20)33-2)23-8-5-15-29(23)26(31)19-11-9-18(10-12-19)17-30-24-7-4-3-6-22(24)27-28-30/h3-4,6-7,9-14,16,23H,5,8,15,17H2,1-2H3. The summed E-state index contributed by atoms with van der Waals surface area (Å²) in [5.74, 6) is 1.52. The first-order valence-electron chi connectivity index (χ1n) is 11.1. The Bertz CT molecular complexity index is 1280. The van der Waals surface area contributed by atoms with Crippen LogP contribution in [0.3, 0.4) is 0 Å². The van der Waals surface area contributed by atoms with Crippen molar-refractivity contribution in [2.24, 2.45) is 0 Å². The lowest BCUT2D eigenvalue weighted by molar-refractivity contribution is 0.0734. The predicted octanol–water partition coefficient (Wildman–Crippen LogP) is 4.47. The fourth-order valence-electron chi connectivity index (χ4n) is 4.55. The summed E-state index contributed by atoms with van der Waals surface area (Å²) in [6.45, 7) is 1.33. The fraction of sp³-hybridized carbons (Fsp3) is 0.269. The van der Waals surface area contributed by atoms with Gasteiger partial charge < -0.3 is 14.4 Å². The number of para-hydroxylation sites is 1. The maximum atomic E-state index is 13.4. The molecule has 3 aromatic carbocycles. The summed E-state index contributed by atoms with van der Waals surface area (Å²) >= 11 is 0. The number of benzene rings is 3. The number of ether oxygens (including phenoxy) is 2. The van der Waals surface area contributed by atoms with E-state index >= 15 is 0 Å². The van der Waals surface area contributed by atoms with Gasteiger partial charge in [0.1, 0.15) is 17.0 Å². The number of carbonyl (C=O) groups excluding carboxylic acids is 1. The average molecular weight is 443 g/mol. The van der Waals surface area contributed by atoms with Crippen LogP contribution < -0.4 is 9.47 Å². The third-order valence-corrected chi connectivity index (χ3v) is 6.27. The summed E-state index contributed by atoms with van der Waals surface area (Å²) in [5.41, 5.74) is 4.63. The zero-order valence-corrected chi connectivity index (χ0v) is 18.8. The maximum Gasteiger partial charge on any atom is 0.254 e. The number of methoxy groups -OCH3 is 2. The van der Waals surface area contributed by atoms with Gasteiger partial charge in [-0.15, -0.1) is 5.10 Å². The molecular formula is C26H26N4O3. The van der Waals surface area contributed by atoms with Crippen LogP contribution in [0.25, 0.3) is 11.0 Å². The lowest BCUT2D eigenvalue weighted by atomic mass is 10.0. The van der Waals surface area contributed by atoms with E-state index < -0.39 is 0 Å². The summed E-state index contributed by atoms with van der Waals surface area (Å²) in [5, 5.41) is 8.46. The van der Waals surface area contributed by atoms with Crippen LogP contribution in [0.15, 0.2) is 66.7 Å². The smallest absolute Gasteiger partial charge is 0.254 e. The fourth-order valence-corrected chi connectivity index (χ4v) is 4.55. The Labute approximate surface area is 192 Å². The molecule has 168 valence electrons. The normalized spacial score (nSPS) is 15.7. The van der Waals surface area contributed by atoms with E-state index in [0.717, 1.165) is 53.0 Å². The number of nitrogens with zero attached hydrogens (tertiary/aromatic N) is 4. The Hall–Kier alpha value is -3.87. The van der Waals surface area contributed by atoms with Crippen LogP contribution in [0.2, 0.25) is 0 Å². The molecule has 1 aromatic heterocycles. The van der Waals surface area contributed by atoms with Crippen molar-refractivity contribution in [2.45, 2.75) is 25.4 Å². The number of fused-ring (bicyclic) bond motifs is 1. The van der Waals surface area contributed by atoms with Gasteiger partial charge in [-0.1, -0.05) is 29.5 Å². The van der Waals surface area contributed by atoms with Gasteiger partial charge in [0.15, 0.2) is 0 Å². The van der Waals surface area contributed by atoms with Crippen LogP contribution in [-0.4, -0.2) is 46.6 Å². The number of hydrogen-bond donors (Lipinski definition) is 0. The number of rotatable bonds is 6. The van der Waals surface area contributed by atoms with E-state index in [0.29, 0.717) is 12.1 Å². The zero-order chi connectivity index (χ0) is 22.8. The largest absolute Gasteiger partial charge is 0.497 e. The highest BCUT2D eigenvalue weighted by Gasteiger charge is 2.32. The monoisotopic (exact) mass is 442 g/mol. The molecule has 1 aliphatic rings. The topological polar surface area (TPSA) is 69.5 Å². The third-order valence-electron chi connectivity index (χ3n) is 6.27. The van der Waals surface area contributed by atoms with Gasteiger partial charge in [-0.3, -0.25) is 4.79 Å². The Morgan fingerprint density at radius 3 is 2.64 bits per heavy atom. The summed E-state index contributed by atoms with van der Waals surface area (Å²) in [6, 6.07) is 21.4.